The lowest BCUT2D eigenvalue weighted by atomic mass is 10.0. The first kappa shape index (κ1) is 11.5. The van der Waals surface area contributed by atoms with Crippen LogP contribution in [0.2, 0.25) is 0 Å². The average Bonchev–Trinajstić information content (AvgIpc) is 2.48. The molecule has 1 saturated carbocycles. The van der Waals surface area contributed by atoms with Crippen LogP contribution in [0, 0.1) is 17.2 Å². The number of hydrogen-bond acceptors (Lipinski definition) is 3. The Morgan fingerprint density at radius 3 is 2.57 bits per heavy atom. The maximum atomic E-state index is 9.32. The molecule has 1 aliphatic carbocycles. The van der Waals surface area contributed by atoms with Gasteiger partial charge in [0.05, 0.1) is 18.3 Å². The van der Waals surface area contributed by atoms with Crippen molar-refractivity contribution in [3.05, 3.63) is 0 Å². The van der Waals surface area contributed by atoms with E-state index in [9.17, 15) is 5.11 Å². The zero-order chi connectivity index (χ0) is 10.8. The first-order valence-electron chi connectivity index (χ1n) is 5.26. The smallest absolute Gasteiger partial charge is 0.154 e. The highest BCUT2D eigenvalue weighted by Gasteiger charge is 2.40. The Hall–Kier alpha value is -0.590. The Labute approximate surface area is 85.7 Å². The maximum absolute atomic E-state index is 9.32. The second kappa shape index (κ2) is 4.29. The molecule has 0 aliphatic heterocycles. The first-order valence-corrected chi connectivity index (χ1v) is 5.26. The Bertz CT molecular complexity index is 234. The summed E-state index contributed by atoms with van der Waals surface area (Å²) < 4.78 is 5.67. The van der Waals surface area contributed by atoms with Gasteiger partial charge in [-0.1, -0.05) is 6.92 Å². The van der Waals surface area contributed by atoms with Crippen molar-refractivity contribution >= 4 is 0 Å². The monoisotopic (exact) mass is 197 g/mol. The molecule has 0 radical (unpaired) electrons. The molecule has 0 aromatic rings. The highest BCUT2D eigenvalue weighted by Crippen LogP contribution is 2.37. The van der Waals surface area contributed by atoms with Gasteiger partial charge in [-0.05, 0) is 39.0 Å². The van der Waals surface area contributed by atoms with Gasteiger partial charge in [-0.25, -0.2) is 0 Å². The molecule has 3 nitrogen and oxygen atoms in total. The lowest BCUT2D eigenvalue weighted by molar-refractivity contribution is -0.0934. The fourth-order valence-electron chi connectivity index (χ4n) is 1.94. The Balaban J connectivity index is 2.60. The van der Waals surface area contributed by atoms with Crippen LogP contribution in [-0.2, 0) is 4.74 Å². The van der Waals surface area contributed by atoms with Crippen LogP contribution in [-0.4, -0.2) is 22.9 Å². The second-order valence-electron chi connectivity index (χ2n) is 4.52. The minimum absolute atomic E-state index is 0.264. The molecule has 0 aromatic carbocycles. The standard InChI is InChI=1S/C11H19NO2/c1-8-4-5-11(6-8,7-12)14-10(3)9(2)13/h8-10,13H,4-6H2,1-3H3. The molecule has 1 N–H and O–H groups in total. The minimum atomic E-state index is -0.643. The summed E-state index contributed by atoms with van der Waals surface area (Å²) in [6.07, 6.45) is 1.85. The van der Waals surface area contributed by atoms with Crippen LogP contribution in [0.5, 0.6) is 0 Å². The Kier molecular flexibility index (Phi) is 3.52. The van der Waals surface area contributed by atoms with Crippen molar-refractivity contribution in [2.75, 3.05) is 0 Å². The van der Waals surface area contributed by atoms with Gasteiger partial charge in [0.15, 0.2) is 5.60 Å². The number of hydrogen-bond donors (Lipinski definition) is 1. The summed E-state index contributed by atoms with van der Waals surface area (Å²) in [5.74, 6) is 0.552. The van der Waals surface area contributed by atoms with Crippen LogP contribution >= 0.6 is 0 Å². The Morgan fingerprint density at radius 1 is 1.57 bits per heavy atom. The first-order chi connectivity index (χ1) is 6.49. The minimum Gasteiger partial charge on any atom is -0.391 e. The summed E-state index contributed by atoms with van der Waals surface area (Å²) in [5.41, 5.74) is -0.643. The highest BCUT2D eigenvalue weighted by molar-refractivity contribution is 5.07. The van der Waals surface area contributed by atoms with Crippen molar-refractivity contribution in [3.8, 4) is 6.07 Å². The fraction of sp³-hybridized carbons (Fsp3) is 0.909. The summed E-state index contributed by atoms with van der Waals surface area (Å²) in [6, 6.07) is 2.26. The zero-order valence-electron chi connectivity index (χ0n) is 9.16. The molecule has 0 amide bonds. The Morgan fingerprint density at radius 2 is 2.21 bits per heavy atom. The molecule has 0 heterocycles. The number of aliphatic hydroxyl groups is 1. The van der Waals surface area contributed by atoms with Crippen molar-refractivity contribution in [2.45, 2.75) is 57.8 Å². The molecule has 0 saturated heterocycles. The summed E-state index contributed by atoms with van der Waals surface area (Å²) in [7, 11) is 0. The van der Waals surface area contributed by atoms with Gasteiger partial charge in [0, 0.05) is 0 Å². The molecule has 0 aromatic heterocycles. The van der Waals surface area contributed by atoms with Gasteiger partial charge < -0.3 is 9.84 Å². The normalized spacial score (nSPS) is 36.4. The van der Waals surface area contributed by atoms with Crippen LogP contribution in [0.3, 0.4) is 0 Å². The van der Waals surface area contributed by atoms with E-state index >= 15 is 0 Å². The van der Waals surface area contributed by atoms with Crippen molar-refractivity contribution < 1.29 is 9.84 Å². The van der Waals surface area contributed by atoms with Gasteiger partial charge in [-0.3, -0.25) is 0 Å². The predicted octanol–water partition coefficient (Wildman–Crippen LogP) is 1.85. The maximum Gasteiger partial charge on any atom is 0.154 e. The highest BCUT2D eigenvalue weighted by atomic mass is 16.5. The van der Waals surface area contributed by atoms with Crippen LogP contribution in [0.4, 0.5) is 0 Å². The van der Waals surface area contributed by atoms with Crippen LogP contribution in [0.25, 0.3) is 0 Å². The van der Waals surface area contributed by atoms with Gasteiger partial charge in [0.25, 0.3) is 0 Å². The molecular formula is C11H19NO2. The van der Waals surface area contributed by atoms with Crippen LogP contribution < -0.4 is 0 Å². The van der Waals surface area contributed by atoms with E-state index in [4.69, 9.17) is 10.00 Å². The molecule has 3 heteroatoms. The number of nitrogens with zero attached hydrogens (tertiary/aromatic N) is 1. The zero-order valence-corrected chi connectivity index (χ0v) is 9.16. The number of ether oxygens (including phenoxy) is 1. The second-order valence-corrected chi connectivity index (χ2v) is 4.52. The van der Waals surface area contributed by atoms with Gasteiger partial charge >= 0.3 is 0 Å². The van der Waals surface area contributed by atoms with E-state index in [1.165, 1.54) is 0 Å². The van der Waals surface area contributed by atoms with Gasteiger partial charge in [0.1, 0.15) is 0 Å². The number of aliphatic hydroxyl groups excluding tert-OH is 1. The van der Waals surface area contributed by atoms with E-state index in [0.29, 0.717) is 5.92 Å². The van der Waals surface area contributed by atoms with Crippen molar-refractivity contribution in [2.24, 2.45) is 5.92 Å². The predicted molar refractivity (Wildman–Crippen MR) is 53.6 cm³/mol. The molecule has 80 valence electrons. The third-order valence-corrected chi connectivity index (χ3v) is 3.01. The summed E-state index contributed by atoms with van der Waals surface area (Å²) >= 11 is 0. The molecule has 4 atom stereocenters. The van der Waals surface area contributed by atoms with E-state index in [1.807, 2.05) is 6.92 Å². The third-order valence-electron chi connectivity index (χ3n) is 3.01. The third kappa shape index (κ3) is 2.46. The largest absolute Gasteiger partial charge is 0.391 e. The molecule has 0 bridgehead atoms. The van der Waals surface area contributed by atoms with E-state index in [0.717, 1.165) is 19.3 Å². The van der Waals surface area contributed by atoms with E-state index < -0.39 is 11.7 Å². The topological polar surface area (TPSA) is 53.2 Å². The molecule has 14 heavy (non-hydrogen) atoms. The van der Waals surface area contributed by atoms with Crippen molar-refractivity contribution in [1.82, 2.24) is 0 Å². The molecule has 1 fully saturated rings. The SMILES string of the molecule is CC1CCC(C#N)(OC(C)C(C)O)C1. The molecule has 1 rings (SSSR count). The van der Waals surface area contributed by atoms with E-state index in [-0.39, 0.29) is 6.10 Å². The van der Waals surface area contributed by atoms with E-state index in [2.05, 4.69) is 13.0 Å². The molecule has 0 spiro atoms. The summed E-state index contributed by atoms with van der Waals surface area (Å²) in [4.78, 5) is 0. The summed E-state index contributed by atoms with van der Waals surface area (Å²) in [5, 5.41) is 18.4. The summed E-state index contributed by atoms with van der Waals surface area (Å²) in [6.45, 7) is 5.64. The lowest BCUT2D eigenvalue weighted by Crippen LogP contribution is -2.36. The van der Waals surface area contributed by atoms with Crippen molar-refractivity contribution in [1.29, 1.82) is 5.26 Å². The van der Waals surface area contributed by atoms with Gasteiger partial charge in [-0.15, -0.1) is 0 Å². The lowest BCUT2D eigenvalue weighted by Gasteiger charge is -2.27. The quantitative estimate of drug-likeness (QED) is 0.751. The molecule has 1 aliphatic rings. The van der Waals surface area contributed by atoms with Crippen LogP contribution in [0.1, 0.15) is 40.0 Å². The fourth-order valence-corrected chi connectivity index (χ4v) is 1.94. The van der Waals surface area contributed by atoms with Crippen LogP contribution in [0.15, 0.2) is 0 Å². The van der Waals surface area contributed by atoms with Gasteiger partial charge in [0.2, 0.25) is 0 Å². The number of nitriles is 1. The van der Waals surface area contributed by atoms with E-state index in [1.54, 1.807) is 6.92 Å². The average molecular weight is 197 g/mol. The molecule has 4 unspecified atom stereocenters. The molecular weight excluding hydrogens is 178 g/mol. The van der Waals surface area contributed by atoms with Crippen molar-refractivity contribution in [3.63, 3.8) is 0 Å². The van der Waals surface area contributed by atoms with Gasteiger partial charge in [-0.2, -0.15) is 5.26 Å². The number of rotatable bonds is 3.